The minimum atomic E-state index is -0.0862. The van der Waals surface area contributed by atoms with Gasteiger partial charge in [-0.25, -0.2) is 9.50 Å². The summed E-state index contributed by atoms with van der Waals surface area (Å²) >= 11 is 1.44. The molecule has 0 amide bonds. The van der Waals surface area contributed by atoms with Crippen LogP contribution in [0, 0.1) is 0 Å². The average Bonchev–Trinajstić information content (AvgIpc) is 3.28. The summed E-state index contributed by atoms with van der Waals surface area (Å²) in [5, 5.41) is 13.1. The zero-order valence-electron chi connectivity index (χ0n) is 13.5. The van der Waals surface area contributed by atoms with E-state index in [0.717, 1.165) is 11.3 Å². The van der Waals surface area contributed by atoms with Gasteiger partial charge in [-0.2, -0.15) is 4.98 Å². The molecule has 9 heteroatoms. The van der Waals surface area contributed by atoms with Gasteiger partial charge in [0, 0.05) is 18.0 Å². The van der Waals surface area contributed by atoms with E-state index >= 15 is 0 Å². The highest BCUT2D eigenvalue weighted by molar-refractivity contribution is 7.99. The summed E-state index contributed by atoms with van der Waals surface area (Å²) in [6.07, 6.45) is 3.49. The molecule has 126 valence electrons. The van der Waals surface area contributed by atoms with Crippen LogP contribution in [0.25, 0.3) is 17.2 Å². The monoisotopic (exact) mass is 354 g/mol. The molecular formula is C16H14N6O2S. The van der Waals surface area contributed by atoms with E-state index < -0.39 is 0 Å². The normalized spacial score (nSPS) is 12.4. The smallest absolute Gasteiger partial charge is 0.253 e. The van der Waals surface area contributed by atoms with Crippen molar-refractivity contribution in [3.8, 4) is 17.2 Å². The molecule has 0 fully saturated rings. The lowest BCUT2D eigenvalue weighted by Crippen LogP contribution is -1.90. The van der Waals surface area contributed by atoms with Crippen LogP contribution in [0.4, 0.5) is 0 Å². The fourth-order valence-corrected chi connectivity index (χ4v) is 3.00. The average molecular weight is 354 g/mol. The number of benzene rings is 1. The third-order valence-electron chi connectivity index (χ3n) is 3.50. The summed E-state index contributed by atoms with van der Waals surface area (Å²) in [6, 6.07) is 9.27. The van der Waals surface area contributed by atoms with Crippen LogP contribution < -0.4 is 4.74 Å². The lowest BCUT2D eigenvalue weighted by Gasteiger charge is -2.02. The Labute approximate surface area is 147 Å². The number of fused-ring (bicyclic) bond motifs is 1. The van der Waals surface area contributed by atoms with Crippen LogP contribution in [0.2, 0.25) is 0 Å². The molecule has 1 atom stereocenters. The SMILES string of the molecule is COc1ccc(-c2nnc([C@H](C)Sc3nc4ncccn4n3)o2)cc1. The van der Waals surface area contributed by atoms with E-state index in [1.54, 1.807) is 30.1 Å². The first-order valence-electron chi connectivity index (χ1n) is 7.55. The van der Waals surface area contributed by atoms with Crippen molar-refractivity contribution >= 4 is 17.5 Å². The Kier molecular flexibility index (Phi) is 4.06. The van der Waals surface area contributed by atoms with Crippen LogP contribution in [0.3, 0.4) is 0 Å². The molecule has 4 rings (SSSR count). The maximum Gasteiger partial charge on any atom is 0.253 e. The van der Waals surface area contributed by atoms with Gasteiger partial charge in [0.2, 0.25) is 16.9 Å². The molecule has 0 aliphatic carbocycles. The highest BCUT2D eigenvalue weighted by Gasteiger charge is 2.18. The molecule has 0 unspecified atom stereocenters. The number of aromatic nitrogens is 6. The second-order valence-corrected chi connectivity index (χ2v) is 6.50. The van der Waals surface area contributed by atoms with E-state index in [4.69, 9.17) is 9.15 Å². The number of hydrogen-bond acceptors (Lipinski definition) is 8. The van der Waals surface area contributed by atoms with E-state index in [-0.39, 0.29) is 5.25 Å². The molecule has 25 heavy (non-hydrogen) atoms. The van der Waals surface area contributed by atoms with E-state index in [2.05, 4.69) is 25.3 Å². The number of ether oxygens (including phenoxy) is 1. The van der Waals surface area contributed by atoms with E-state index in [9.17, 15) is 0 Å². The quantitative estimate of drug-likeness (QED) is 0.505. The topological polar surface area (TPSA) is 91.2 Å². The molecule has 4 aromatic rings. The van der Waals surface area contributed by atoms with E-state index in [1.165, 1.54) is 11.8 Å². The number of hydrogen-bond donors (Lipinski definition) is 0. The second-order valence-electron chi connectivity index (χ2n) is 5.19. The molecule has 0 aliphatic heterocycles. The molecule has 1 aromatic carbocycles. The summed E-state index contributed by atoms with van der Waals surface area (Å²) in [5.74, 6) is 2.32. The van der Waals surface area contributed by atoms with Gasteiger partial charge >= 0.3 is 0 Å². The molecule has 0 spiro atoms. The first kappa shape index (κ1) is 15.6. The highest BCUT2D eigenvalue weighted by Crippen LogP contribution is 2.33. The Balaban J connectivity index is 1.52. The summed E-state index contributed by atoms with van der Waals surface area (Å²) in [7, 11) is 1.63. The number of thioether (sulfide) groups is 1. The Morgan fingerprint density at radius 3 is 2.80 bits per heavy atom. The van der Waals surface area contributed by atoms with Crippen LogP contribution in [0.1, 0.15) is 18.1 Å². The molecular weight excluding hydrogens is 340 g/mol. The number of rotatable bonds is 5. The number of nitrogens with zero attached hydrogens (tertiary/aromatic N) is 6. The van der Waals surface area contributed by atoms with Crippen molar-refractivity contribution in [3.05, 3.63) is 48.6 Å². The largest absolute Gasteiger partial charge is 0.497 e. The lowest BCUT2D eigenvalue weighted by molar-refractivity contribution is 0.415. The predicted molar refractivity (Wildman–Crippen MR) is 91.3 cm³/mol. The minimum Gasteiger partial charge on any atom is -0.497 e. The van der Waals surface area contributed by atoms with Crippen molar-refractivity contribution in [3.63, 3.8) is 0 Å². The Morgan fingerprint density at radius 2 is 2.04 bits per heavy atom. The van der Waals surface area contributed by atoms with Gasteiger partial charge in [0.05, 0.1) is 12.4 Å². The van der Waals surface area contributed by atoms with Crippen molar-refractivity contribution in [2.24, 2.45) is 0 Å². The van der Waals surface area contributed by atoms with E-state index in [1.807, 2.05) is 31.2 Å². The fraction of sp³-hybridized carbons (Fsp3) is 0.188. The third-order valence-corrected chi connectivity index (χ3v) is 4.44. The van der Waals surface area contributed by atoms with Crippen LogP contribution >= 0.6 is 11.8 Å². The Morgan fingerprint density at radius 1 is 1.20 bits per heavy atom. The van der Waals surface area contributed by atoms with Crippen molar-refractivity contribution in [1.82, 2.24) is 29.8 Å². The summed E-state index contributed by atoms with van der Waals surface area (Å²) in [6.45, 7) is 1.97. The van der Waals surface area contributed by atoms with Crippen molar-refractivity contribution < 1.29 is 9.15 Å². The van der Waals surface area contributed by atoms with Crippen LogP contribution in [-0.2, 0) is 0 Å². The zero-order valence-corrected chi connectivity index (χ0v) is 14.3. The molecule has 3 aromatic heterocycles. The second kappa shape index (κ2) is 6.52. The van der Waals surface area contributed by atoms with Gasteiger partial charge in [-0.1, -0.05) is 11.8 Å². The molecule has 0 saturated heterocycles. The summed E-state index contributed by atoms with van der Waals surface area (Å²) in [4.78, 5) is 8.52. The Hall–Kier alpha value is -2.94. The van der Waals surface area contributed by atoms with Gasteiger partial charge in [0.1, 0.15) is 5.75 Å². The van der Waals surface area contributed by atoms with Gasteiger partial charge in [0.25, 0.3) is 5.78 Å². The lowest BCUT2D eigenvalue weighted by atomic mass is 10.2. The third kappa shape index (κ3) is 3.18. The maximum absolute atomic E-state index is 5.79. The van der Waals surface area contributed by atoms with Crippen LogP contribution in [0.5, 0.6) is 5.75 Å². The van der Waals surface area contributed by atoms with E-state index in [0.29, 0.717) is 22.7 Å². The van der Waals surface area contributed by atoms with Crippen LogP contribution in [-0.4, -0.2) is 36.9 Å². The molecule has 0 bridgehead atoms. The molecule has 0 radical (unpaired) electrons. The number of methoxy groups -OCH3 is 1. The molecule has 3 heterocycles. The predicted octanol–water partition coefficient (Wildman–Crippen LogP) is 3.04. The van der Waals surface area contributed by atoms with Gasteiger partial charge in [-0.05, 0) is 37.3 Å². The molecule has 8 nitrogen and oxygen atoms in total. The van der Waals surface area contributed by atoms with Gasteiger partial charge in [-0.3, -0.25) is 0 Å². The zero-order chi connectivity index (χ0) is 17.2. The summed E-state index contributed by atoms with van der Waals surface area (Å²) in [5.41, 5.74) is 0.840. The molecule has 0 N–H and O–H groups in total. The first-order chi connectivity index (χ1) is 12.2. The van der Waals surface area contributed by atoms with Crippen LogP contribution in [0.15, 0.2) is 52.3 Å². The van der Waals surface area contributed by atoms with Gasteiger partial charge in [0.15, 0.2) is 0 Å². The standard InChI is InChI=1S/C16H14N6O2S/c1-10(25-16-18-15-17-8-3-9-22(15)21-16)13-19-20-14(24-13)11-4-6-12(23-2)7-5-11/h3-10H,1-2H3/t10-/m0/s1. The summed E-state index contributed by atoms with van der Waals surface area (Å²) < 4.78 is 12.6. The molecule has 0 aliphatic rings. The first-order valence-corrected chi connectivity index (χ1v) is 8.43. The Bertz CT molecular complexity index is 964. The fourth-order valence-electron chi connectivity index (χ4n) is 2.22. The van der Waals surface area contributed by atoms with Gasteiger partial charge < -0.3 is 9.15 Å². The minimum absolute atomic E-state index is 0.0862. The van der Waals surface area contributed by atoms with Crippen molar-refractivity contribution in [2.75, 3.05) is 7.11 Å². The van der Waals surface area contributed by atoms with Gasteiger partial charge in [-0.15, -0.1) is 15.3 Å². The molecule has 0 saturated carbocycles. The van der Waals surface area contributed by atoms with Crippen molar-refractivity contribution in [2.45, 2.75) is 17.3 Å². The van der Waals surface area contributed by atoms with Crippen molar-refractivity contribution in [1.29, 1.82) is 0 Å². The maximum atomic E-state index is 5.79. The highest BCUT2D eigenvalue weighted by atomic mass is 32.2.